The lowest BCUT2D eigenvalue weighted by Crippen LogP contribution is -2.31. The van der Waals surface area contributed by atoms with Crippen LogP contribution in [0.5, 0.6) is 5.75 Å². The van der Waals surface area contributed by atoms with Crippen LogP contribution in [0.3, 0.4) is 0 Å². The van der Waals surface area contributed by atoms with Crippen LogP contribution in [0.15, 0.2) is 107 Å². The molecule has 2 N–H and O–H groups in total. The number of carbonyl (C=O) groups excluding carboxylic acids is 1. The lowest BCUT2D eigenvalue weighted by Gasteiger charge is -2.28. The molecule has 1 unspecified atom stereocenters. The maximum atomic E-state index is 14.3. The largest absolute Gasteiger partial charge is 0.489 e. The predicted molar refractivity (Wildman–Crippen MR) is 177 cm³/mol. The van der Waals surface area contributed by atoms with E-state index >= 15 is 0 Å². The number of amides is 1. The first-order chi connectivity index (χ1) is 21.7. The molecule has 45 heavy (non-hydrogen) atoms. The van der Waals surface area contributed by atoms with Crippen LogP contribution in [0.4, 0.5) is 16.0 Å². The van der Waals surface area contributed by atoms with Gasteiger partial charge < -0.3 is 15.4 Å². The molecule has 5 aromatic rings. The lowest BCUT2D eigenvalue weighted by atomic mass is 9.95. The molecule has 4 aromatic carbocycles. The number of benzene rings is 4. The van der Waals surface area contributed by atoms with Gasteiger partial charge in [0.05, 0.1) is 5.57 Å². The highest BCUT2D eigenvalue weighted by atomic mass is 35.5. The van der Waals surface area contributed by atoms with Crippen molar-refractivity contribution in [1.29, 1.82) is 0 Å². The fourth-order valence-electron chi connectivity index (χ4n) is 5.02. The Morgan fingerprint density at radius 1 is 1.00 bits per heavy atom. The topological polar surface area (TPSA) is 81.1 Å². The Labute approximate surface area is 274 Å². The molecule has 0 fully saturated rings. The Balaban J connectivity index is 1.30. The Bertz CT molecular complexity index is 1910. The van der Waals surface area contributed by atoms with Crippen LogP contribution in [0.2, 0.25) is 10.0 Å². The molecular formula is C34H28Cl2FN5O2S. The number of ether oxygens (including phenoxy) is 1. The molecule has 0 radical (unpaired) electrons. The molecule has 1 aromatic heterocycles. The number of thioether (sulfide) groups is 1. The van der Waals surface area contributed by atoms with E-state index in [-0.39, 0.29) is 18.3 Å². The maximum Gasteiger partial charge on any atom is 0.255 e. The fourth-order valence-corrected chi connectivity index (χ4v) is 6.30. The van der Waals surface area contributed by atoms with E-state index in [1.54, 1.807) is 35.0 Å². The third-order valence-electron chi connectivity index (χ3n) is 7.27. The van der Waals surface area contributed by atoms with Crippen LogP contribution in [0.25, 0.3) is 0 Å². The van der Waals surface area contributed by atoms with Gasteiger partial charge in [-0.3, -0.25) is 4.79 Å². The second-order valence-corrected chi connectivity index (χ2v) is 12.3. The van der Waals surface area contributed by atoms with Gasteiger partial charge in [-0.2, -0.15) is 4.98 Å². The van der Waals surface area contributed by atoms with E-state index in [0.29, 0.717) is 55.2 Å². The second-order valence-electron chi connectivity index (χ2n) is 10.5. The van der Waals surface area contributed by atoms with Crippen LogP contribution < -0.4 is 15.4 Å². The van der Waals surface area contributed by atoms with Crippen molar-refractivity contribution in [3.05, 3.63) is 140 Å². The third kappa shape index (κ3) is 7.01. The van der Waals surface area contributed by atoms with Gasteiger partial charge in [-0.1, -0.05) is 83.5 Å². The second kappa shape index (κ2) is 13.4. The van der Waals surface area contributed by atoms with Crippen molar-refractivity contribution in [3.8, 4) is 5.75 Å². The molecule has 0 saturated carbocycles. The van der Waals surface area contributed by atoms with Crippen molar-refractivity contribution >= 4 is 52.5 Å². The average Bonchev–Trinajstić information content (AvgIpc) is 3.42. The molecule has 0 bridgehead atoms. The molecule has 1 amide bonds. The van der Waals surface area contributed by atoms with Gasteiger partial charge in [0.25, 0.3) is 5.91 Å². The summed E-state index contributed by atoms with van der Waals surface area (Å²) in [5, 5.41) is 12.6. The molecule has 6 rings (SSSR count). The van der Waals surface area contributed by atoms with Gasteiger partial charge in [0.15, 0.2) is 0 Å². The first-order valence-electron chi connectivity index (χ1n) is 14.1. The summed E-state index contributed by atoms with van der Waals surface area (Å²) in [6.07, 6.45) is 0. The summed E-state index contributed by atoms with van der Waals surface area (Å²) in [6, 6.07) is 26.4. The maximum absolute atomic E-state index is 14.3. The van der Waals surface area contributed by atoms with Gasteiger partial charge in [0, 0.05) is 32.7 Å². The number of aromatic nitrogens is 3. The molecule has 1 atom stereocenters. The third-order valence-corrected chi connectivity index (χ3v) is 8.75. The number of rotatable bonds is 9. The highest BCUT2D eigenvalue weighted by Gasteiger charge is 2.34. The number of anilines is 2. The monoisotopic (exact) mass is 659 g/mol. The van der Waals surface area contributed by atoms with Crippen LogP contribution in [-0.2, 0) is 17.2 Å². The van der Waals surface area contributed by atoms with E-state index in [1.165, 1.54) is 17.8 Å². The van der Waals surface area contributed by atoms with Gasteiger partial charge in [0.2, 0.25) is 11.1 Å². The van der Waals surface area contributed by atoms with Crippen molar-refractivity contribution in [2.24, 2.45) is 0 Å². The van der Waals surface area contributed by atoms with E-state index in [4.69, 9.17) is 33.0 Å². The van der Waals surface area contributed by atoms with E-state index in [2.05, 4.69) is 15.6 Å². The highest BCUT2D eigenvalue weighted by molar-refractivity contribution is 7.98. The number of allylic oxidation sites excluding steroid dienone is 1. The molecule has 7 nitrogen and oxygen atoms in total. The number of carbonyl (C=O) groups is 1. The number of aryl methyl sites for hydroxylation is 1. The molecule has 11 heteroatoms. The van der Waals surface area contributed by atoms with E-state index < -0.39 is 6.04 Å². The number of hydrogen-bond acceptors (Lipinski definition) is 6. The van der Waals surface area contributed by atoms with Crippen LogP contribution in [0.1, 0.15) is 35.2 Å². The summed E-state index contributed by atoms with van der Waals surface area (Å²) in [5.74, 6) is 0.925. The lowest BCUT2D eigenvalue weighted by molar-refractivity contribution is -0.113. The standard InChI is InChI=1S/C34H28Cl2FN5O2S/c1-20-6-5-8-26(16-20)39-32(43)30-21(2)38-33-40-34(45-19-24-7-3-4-9-29(24)37)41-42(33)31(30)22-11-14-27(15-12-22)44-18-23-10-13-25(35)17-28(23)36/h3-17,31H,18-19H2,1-2H3,(H,39,43)(H,38,40,41). The SMILES string of the molecule is CC1=C(C(=O)Nc2cccc(C)c2)C(c2ccc(OCc3ccc(Cl)cc3Cl)cc2)n2nc(SCc3ccccc3F)nc2N1. The van der Waals surface area contributed by atoms with E-state index in [9.17, 15) is 9.18 Å². The predicted octanol–water partition coefficient (Wildman–Crippen LogP) is 8.83. The van der Waals surface area contributed by atoms with Crippen molar-refractivity contribution in [2.45, 2.75) is 37.4 Å². The molecule has 228 valence electrons. The molecule has 0 spiro atoms. The van der Waals surface area contributed by atoms with Gasteiger partial charge in [-0.15, -0.1) is 5.10 Å². The first-order valence-corrected chi connectivity index (χ1v) is 15.8. The molecule has 0 saturated heterocycles. The summed E-state index contributed by atoms with van der Waals surface area (Å²) in [7, 11) is 0. The van der Waals surface area contributed by atoms with Gasteiger partial charge >= 0.3 is 0 Å². The minimum Gasteiger partial charge on any atom is -0.489 e. The quantitative estimate of drug-likeness (QED) is 0.154. The van der Waals surface area contributed by atoms with Gasteiger partial charge in [-0.05, 0) is 73.0 Å². The molecule has 1 aliphatic heterocycles. The van der Waals surface area contributed by atoms with Crippen molar-refractivity contribution in [3.63, 3.8) is 0 Å². The highest BCUT2D eigenvalue weighted by Crippen LogP contribution is 2.38. The van der Waals surface area contributed by atoms with Gasteiger partial charge in [0.1, 0.15) is 24.2 Å². The Morgan fingerprint density at radius 3 is 2.56 bits per heavy atom. The van der Waals surface area contributed by atoms with Crippen molar-refractivity contribution < 1.29 is 13.9 Å². The Kier molecular flexibility index (Phi) is 9.11. The van der Waals surface area contributed by atoms with Crippen molar-refractivity contribution in [1.82, 2.24) is 14.8 Å². The molecule has 2 heterocycles. The van der Waals surface area contributed by atoms with Gasteiger partial charge in [-0.25, -0.2) is 9.07 Å². The normalized spacial score (nSPS) is 14.1. The summed E-state index contributed by atoms with van der Waals surface area (Å²) >= 11 is 13.7. The van der Waals surface area contributed by atoms with E-state index in [1.807, 2.05) is 68.4 Å². The Morgan fingerprint density at radius 2 is 1.80 bits per heavy atom. The number of nitrogens with zero attached hydrogens (tertiary/aromatic N) is 3. The summed E-state index contributed by atoms with van der Waals surface area (Å²) < 4.78 is 22.0. The van der Waals surface area contributed by atoms with Crippen molar-refractivity contribution in [2.75, 3.05) is 10.6 Å². The average molecular weight is 661 g/mol. The number of nitrogens with one attached hydrogen (secondary N) is 2. The summed E-state index contributed by atoms with van der Waals surface area (Å²) in [6.45, 7) is 4.08. The first kappa shape index (κ1) is 30.7. The summed E-state index contributed by atoms with van der Waals surface area (Å²) in [4.78, 5) is 18.5. The van der Waals surface area contributed by atoms with Crippen LogP contribution in [0, 0.1) is 12.7 Å². The molecule has 1 aliphatic rings. The number of halogens is 3. The Hall–Kier alpha value is -4.31. The number of fused-ring (bicyclic) bond motifs is 1. The van der Waals surface area contributed by atoms with E-state index in [0.717, 1.165) is 16.7 Å². The molecule has 0 aliphatic carbocycles. The minimum atomic E-state index is -0.596. The molecular weight excluding hydrogens is 632 g/mol. The fraction of sp³-hybridized carbons (Fsp3) is 0.147. The zero-order valence-electron chi connectivity index (χ0n) is 24.4. The summed E-state index contributed by atoms with van der Waals surface area (Å²) in [5.41, 5.74) is 5.03. The number of hydrogen-bond donors (Lipinski definition) is 2. The smallest absolute Gasteiger partial charge is 0.255 e. The van der Waals surface area contributed by atoms with Crippen LogP contribution in [-0.4, -0.2) is 20.7 Å². The zero-order chi connectivity index (χ0) is 31.5. The minimum absolute atomic E-state index is 0.266. The van der Waals surface area contributed by atoms with Crippen LogP contribution >= 0.6 is 35.0 Å². The zero-order valence-corrected chi connectivity index (χ0v) is 26.7.